The summed E-state index contributed by atoms with van der Waals surface area (Å²) in [6.45, 7) is 1.95. The predicted molar refractivity (Wildman–Crippen MR) is 118 cm³/mol. The highest BCUT2D eigenvalue weighted by Gasteiger charge is 2.45. The molecule has 0 aromatic heterocycles. The molecular formula is C23H28N4O6. The van der Waals surface area contributed by atoms with Gasteiger partial charge in [0.05, 0.1) is 6.42 Å². The summed E-state index contributed by atoms with van der Waals surface area (Å²) in [7, 11) is 0. The summed E-state index contributed by atoms with van der Waals surface area (Å²) in [6.07, 6.45) is 4.33. The van der Waals surface area contributed by atoms with Gasteiger partial charge in [0.1, 0.15) is 18.1 Å². The summed E-state index contributed by atoms with van der Waals surface area (Å²) in [6, 6.07) is 4.20. The molecule has 3 heterocycles. The molecule has 2 saturated heterocycles. The van der Waals surface area contributed by atoms with E-state index >= 15 is 0 Å². The zero-order valence-electron chi connectivity index (χ0n) is 18.3. The van der Waals surface area contributed by atoms with Crippen LogP contribution in [0.15, 0.2) is 36.4 Å². The third kappa shape index (κ3) is 5.16. The molecule has 1 aromatic carbocycles. The van der Waals surface area contributed by atoms with Crippen molar-refractivity contribution in [3.05, 3.63) is 42.0 Å². The monoisotopic (exact) mass is 456 g/mol. The van der Waals surface area contributed by atoms with Gasteiger partial charge >= 0.3 is 12.0 Å². The number of amides is 4. The van der Waals surface area contributed by atoms with Gasteiger partial charge in [0.2, 0.25) is 18.1 Å². The summed E-state index contributed by atoms with van der Waals surface area (Å²) >= 11 is 0. The number of hydrogen-bond donors (Lipinski definition) is 4. The Morgan fingerprint density at radius 3 is 2.48 bits per heavy atom. The lowest BCUT2D eigenvalue weighted by molar-refractivity contribution is -0.155. The zero-order chi connectivity index (χ0) is 23.5. The molecule has 33 heavy (non-hydrogen) atoms. The van der Waals surface area contributed by atoms with E-state index in [9.17, 15) is 24.3 Å². The quantitative estimate of drug-likeness (QED) is 0.393. The normalized spacial score (nSPS) is 29.0. The number of aliphatic hydroxyl groups excluding tert-OH is 1. The van der Waals surface area contributed by atoms with Crippen LogP contribution in [0.2, 0.25) is 0 Å². The van der Waals surface area contributed by atoms with Crippen LogP contribution in [-0.2, 0) is 19.1 Å². The first-order valence-corrected chi connectivity index (χ1v) is 11.1. The Morgan fingerprint density at radius 1 is 1.06 bits per heavy atom. The van der Waals surface area contributed by atoms with Gasteiger partial charge in [-0.3, -0.25) is 14.4 Å². The van der Waals surface area contributed by atoms with Gasteiger partial charge in [0.15, 0.2) is 0 Å². The van der Waals surface area contributed by atoms with Crippen molar-refractivity contribution in [1.82, 2.24) is 15.5 Å². The fourth-order valence-corrected chi connectivity index (χ4v) is 4.50. The van der Waals surface area contributed by atoms with Gasteiger partial charge in [-0.15, -0.1) is 0 Å². The van der Waals surface area contributed by atoms with E-state index in [-0.39, 0.29) is 18.4 Å². The number of aliphatic hydroxyl groups is 1. The first kappa shape index (κ1) is 22.8. The first-order chi connectivity index (χ1) is 15.8. The van der Waals surface area contributed by atoms with E-state index in [1.54, 1.807) is 17.0 Å². The number of carbonyl (C=O) groups excluding carboxylic acids is 4. The van der Waals surface area contributed by atoms with Crippen LogP contribution in [0.5, 0.6) is 0 Å². The second-order valence-electron chi connectivity index (χ2n) is 8.65. The topological polar surface area (TPSA) is 137 Å². The van der Waals surface area contributed by atoms with E-state index in [4.69, 9.17) is 0 Å². The Hall–Kier alpha value is -3.40. The number of aryl methyl sites for hydroxylation is 1. The standard InChI is InChI=1S/C23H28N4O6/c1-13-6-8-14(9-7-13)24-23(32)26-16-5-3-2-4-15-10-11-18(27(15)21(16)30)20(29)25-17-12-19(28)33-22(17)31/h2-3,6-9,15-18,22,31H,4-5,10-12H2,1H3,(H,25,29)(H2,24,26,32)/t15-,16+,17?,18+,22?/m1/s1. The molecule has 3 aliphatic heterocycles. The Balaban J connectivity index is 1.44. The van der Waals surface area contributed by atoms with Gasteiger partial charge in [-0.1, -0.05) is 29.8 Å². The van der Waals surface area contributed by atoms with Crippen LogP contribution < -0.4 is 16.0 Å². The molecule has 4 N–H and O–H groups in total. The van der Waals surface area contributed by atoms with Crippen molar-refractivity contribution in [2.75, 3.05) is 5.32 Å². The summed E-state index contributed by atoms with van der Waals surface area (Å²) in [5, 5.41) is 17.9. The smallest absolute Gasteiger partial charge is 0.319 e. The van der Waals surface area contributed by atoms with Crippen LogP contribution in [0.3, 0.4) is 0 Å². The number of carbonyl (C=O) groups is 4. The SMILES string of the molecule is Cc1ccc(NC(=O)N[C@H]2CC=CC[C@@H]3CC[C@@H](C(=O)NC4CC(=O)OC4O)N3C2=O)cc1. The number of rotatable bonds is 4. The Labute approximate surface area is 191 Å². The average Bonchev–Trinajstić information content (AvgIpc) is 3.32. The Morgan fingerprint density at radius 2 is 1.79 bits per heavy atom. The van der Waals surface area contributed by atoms with Gasteiger partial charge in [0, 0.05) is 11.7 Å². The molecule has 176 valence electrons. The van der Waals surface area contributed by atoms with Gasteiger partial charge in [-0.05, 0) is 44.7 Å². The summed E-state index contributed by atoms with van der Waals surface area (Å²) < 4.78 is 4.68. The van der Waals surface area contributed by atoms with Crippen molar-refractivity contribution in [2.45, 2.75) is 69.5 Å². The second-order valence-corrected chi connectivity index (χ2v) is 8.65. The maximum atomic E-state index is 13.4. The highest BCUT2D eigenvalue weighted by atomic mass is 16.6. The second kappa shape index (κ2) is 9.62. The Kier molecular flexibility index (Phi) is 6.64. The summed E-state index contributed by atoms with van der Waals surface area (Å²) in [5.41, 5.74) is 1.67. The van der Waals surface area contributed by atoms with Crippen molar-refractivity contribution in [2.24, 2.45) is 0 Å². The molecule has 10 nitrogen and oxygen atoms in total. The Bertz CT molecular complexity index is 962. The minimum atomic E-state index is -1.40. The van der Waals surface area contributed by atoms with Crippen LogP contribution >= 0.6 is 0 Å². The van der Waals surface area contributed by atoms with E-state index in [1.165, 1.54) is 0 Å². The lowest BCUT2D eigenvalue weighted by Crippen LogP contribution is -2.57. The molecule has 1 aromatic rings. The molecule has 2 fully saturated rings. The molecule has 0 spiro atoms. The van der Waals surface area contributed by atoms with Crippen molar-refractivity contribution in [1.29, 1.82) is 0 Å². The molecular weight excluding hydrogens is 428 g/mol. The lowest BCUT2D eigenvalue weighted by Gasteiger charge is -2.34. The highest BCUT2D eigenvalue weighted by molar-refractivity contribution is 5.96. The number of nitrogens with zero attached hydrogens (tertiary/aromatic N) is 1. The molecule has 0 aliphatic carbocycles. The molecule has 3 aliphatic rings. The van der Waals surface area contributed by atoms with Crippen molar-refractivity contribution < 1.29 is 29.0 Å². The average molecular weight is 456 g/mol. The summed E-state index contributed by atoms with van der Waals surface area (Å²) in [5.74, 6) is -1.37. The van der Waals surface area contributed by atoms with E-state index in [0.29, 0.717) is 31.4 Å². The molecule has 0 bridgehead atoms. The number of urea groups is 1. The first-order valence-electron chi connectivity index (χ1n) is 11.1. The number of anilines is 1. The molecule has 4 amide bonds. The number of nitrogens with one attached hydrogen (secondary N) is 3. The highest BCUT2D eigenvalue weighted by Crippen LogP contribution is 2.30. The van der Waals surface area contributed by atoms with Gasteiger partial charge in [-0.2, -0.15) is 0 Å². The number of cyclic esters (lactones) is 1. The summed E-state index contributed by atoms with van der Waals surface area (Å²) in [4.78, 5) is 51.8. The maximum Gasteiger partial charge on any atom is 0.319 e. The van der Waals surface area contributed by atoms with Gasteiger partial charge in [-0.25, -0.2) is 4.79 Å². The molecule has 10 heteroatoms. The number of esters is 1. The fourth-order valence-electron chi connectivity index (χ4n) is 4.50. The van der Waals surface area contributed by atoms with Crippen LogP contribution in [0.25, 0.3) is 0 Å². The van der Waals surface area contributed by atoms with Crippen LogP contribution in [0, 0.1) is 6.92 Å². The third-order valence-electron chi connectivity index (χ3n) is 6.23. The molecule has 2 unspecified atom stereocenters. The van der Waals surface area contributed by atoms with E-state index in [1.807, 2.05) is 31.2 Å². The number of ether oxygens (including phenoxy) is 1. The lowest BCUT2D eigenvalue weighted by atomic mass is 10.0. The maximum absolute atomic E-state index is 13.4. The minimum absolute atomic E-state index is 0.122. The van der Waals surface area contributed by atoms with Crippen molar-refractivity contribution in [3.63, 3.8) is 0 Å². The number of benzene rings is 1. The van der Waals surface area contributed by atoms with E-state index in [0.717, 1.165) is 5.56 Å². The minimum Gasteiger partial charge on any atom is -0.434 e. The number of hydrogen-bond acceptors (Lipinski definition) is 6. The third-order valence-corrected chi connectivity index (χ3v) is 6.23. The van der Waals surface area contributed by atoms with Crippen LogP contribution in [0.4, 0.5) is 10.5 Å². The molecule has 5 atom stereocenters. The van der Waals surface area contributed by atoms with Gasteiger partial charge in [0.25, 0.3) is 0 Å². The predicted octanol–water partition coefficient (Wildman–Crippen LogP) is 0.945. The van der Waals surface area contributed by atoms with E-state index in [2.05, 4.69) is 20.7 Å². The molecule has 0 saturated carbocycles. The van der Waals surface area contributed by atoms with Crippen LogP contribution in [0.1, 0.15) is 37.7 Å². The number of fused-ring (bicyclic) bond motifs is 1. The van der Waals surface area contributed by atoms with Crippen molar-refractivity contribution in [3.8, 4) is 0 Å². The fraction of sp³-hybridized carbons (Fsp3) is 0.478. The zero-order valence-corrected chi connectivity index (χ0v) is 18.3. The molecule has 0 radical (unpaired) electrons. The van der Waals surface area contributed by atoms with Crippen LogP contribution in [-0.4, -0.2) is 64.3 Å². The molecule has 4 rings (SSSR count). The van der Waals surface area contributed by atoms with Gasteiger partial charge < -0.3 is 30.7 Å². The van der Waals surface area contributed by atoms with Crippen molar-refractivity contribution >= 4 is 29.5 Å². The van der Waals surface area contributed by atoms with E-state index < -0.39 is 42.3 Å². The largest absolute Gasteiger partial charge is 0.434 e.